The van der Waals surface area contributed by atoms with Gasteiger partial charge in [0.25, 0.3) is 0 Å². The summed E-state index contributed by atoms with van der Waals surface area (Å²) in [7, 11) is 0. The number of piperidine rings is 1. The van der Waals surface area contributed by atoms with E-state index in [4.69, 9.17) is 15.2 Å². The SMILES string of the molecule is NCC1(C(=O)N2CCC(CN3CCOCC3)CC2)CCOCC1. The number of nitrogens with zero attached hydrogens (tertiary/aromatic N) is 2. The Morgan fingerprint density at radius 1 is 1.00 bits per heavy atom. The lowest BCUT2D eigenvalue weighted by atomic mass is 9.78. The molecular formula is C17H31N3O3. The summed E-state index contributed by atoms with van der Waals surface area (Å²) in [6, 6.07) is 0. The zero-order valence-electron chi connectivity index (χ0n) is 14.2. The number of morpholine rings is 1. The fraction of sp³-hybridized carbons (Fsp3) is 0.941. The van der Waals surface area contributed by atoms with Crippen LogP contribution in [0.4, 0.5) is 0 Å². The molecule has 3 aliphatic heterocycles. The third-order valence-corrected chi connectivity index (χ3v) is 5.82. The first kappa shape index (κ1) is 17.1. The van der Waals surface area contributed by atoms with E-state index in [0.29, 0.717) is 25.7 Å². The number of ether oxygens (including phenoxy) is 2. The molecule has 3 aliphatic rings. The molecule has 3 saturated heterocycles. The van der Waals surface area contributed by atoms with E-state index in [0.717, 1.165) is 71.6 Å². The van der Waals surface area contributed by atoms with E-state index in [2.05, 4.69) is 9.80 Å². The molecule has 1 amide bonds. The van der Waals surface area contributed by atoms with E-state index in [1.54, 1.807) is 0 Å². The van der Waals surface area contributed by atoms with Crippen molar-refractivity contribution in [1.82, 2.24) is 9.80 Å². The minimum atomic E-state index is -0.366. The molecule has 0 bridgehead atoms. The van der Waals surface area contributed by atoms with Crippen LogP contribution in [0.15, 0.2) is 0 Å². The fourth-order valence-electron chi connectivity index (χ4n) is 4.07. The van der Waals surface area contributed by atoms with Crippen molar-refractivity contribution in [2.45, 2.75) is 25.7 Å². The van der Waals surface area contributed by atoms with Crippen molar-refractivity contribution in [2.24, 2.45) is 17.1 Å². The predicted molar refractivity (Wildman–Crippen MR) is 88.1 cm³/mol. The summed E-state index contributed by atoms with van der Waals surface area (Å²) in [5, 5.41) is 0. The van der Waals surface area contributed by atoms with Gasteiger partial charge in [0.2, 0.25) is 5.91 Å². The topological polar surface area (TPSA) is 68.0 Å². The van der Waals surface area contributed by atoms with Crippen LogP contribution in [0, 0.1) is 11.3 Å². The van der Waals surface area contributed by atoms with Crippen molar-refractivity contribution in [1.29, 1.82) is 0 Å². The molecule has 0 aliphatic carbocycles. The van der Waals surface area contributed by atoms with Crippen molar-refractivity contribution >= 4 is 5.91 Å². The van der Waals surface area contributed by atoms with Gasteiger partial charge < -0.3 is 20.1 Å². The van der Waals surface area contributed by atoms with E-state index in [1.165, 1.54) is 0 Å². The highest BCUT2D eigenvalue weighted by Crippen LogP contribution is 2.33. The third kappa shape index (κ3) is 4.05. The van der Waals surface area contributed by atoms with Crippen molar-refractivity contribution < 1.29 is 14.3 Å². The number of nitrogens with two attached hydrogens (primary N) is 1. The lowest BCUT2D eigenvalue weighted by Crippen LogP contribution is -2.53. The number of amides is 1. The average molecular weight is 325 g/mol. The summed E-state index contributed by atoms with van der Waals surface area (Å²) >= 11 is 0. The van der Waals surface area contributed by atoms with Gasteiger partial charge in [-0.2, -0.15) is 0 Å². The molecule has 3 rings (SSSR count). The van der Waals surface area contributed by atoms with Crippen LogP contribution in [-0.4, -0.2) is 81.4 Å². The van der Waals surface area contributed by atoms with Gasteiger partial charge >= 0.3 is 0 Å². The van der Waals surface area contributed by atoms with Crippen LogP contribution < -0.4 is 5.73 Å². The second-order valence-electron chi connectivity index (χ2n) is 7.25. The molecule has 23 heavy (non-hydrogen) atoms. The monoisotopic (exact) mass is 325 g/mol. The molecule has 0 saturated carbocycles. The highest BCUT2D eigenvalue weighted by atomic mass is 16.5. The molecular weight excluding hydrogens is 294 g/mol. The van der Waals surface area contributed by atoms with E-state index >= 15 is 0 Å². The number of hydrogen-bond acceptors (Lipinski definition) is 5. The van der Waals surface area contributed by atoms with E-state index in [1.807, 2.05) is 0 Å². The molecule has 3 heterocycles. The standard InChI is InChI=1S/C17H31N3O3/c18-14-17(3-9-22-10-4-17)16(21)20-5-1-15(2-6-20)13-19-7-11-23-12-8-19/h15H,1-14,18H2. The van der Waals surface area contributed by atoms with Crippen molar-refractivity contribution in [3.63, 3.8) is 0 Å². The van der Waals surface area contributed by atoms with Gasteiger partial charge in [0.15, 0.2) is 0 Å². The molecule has 2 N–H and O–H groups in total. The van der Waals surface area contributed by atoms with Crippen LogP contribution in [0.2, 0.25) is 0 Å². The van der Waals surface area contributed by atoms with Gasteiger partial charge in [0.05, 0.1) is 18.6 Å². The first-order chi connectivity index (χ1) is 11.2. The Morgan fingerprint density at radius 3 is 2.22 bits per heavy atom. The van der Waals surface area contributed by atoms with Crippen molar-refractivity contribution in [2.75, 3.05) is 65.7 Å². The number of rotatable bonds is 4. The lowest BCUT2D eigenvalue weighted by molar-refractivity contribution is -0.148. The Labute approximate surface area is 139 Å². The first-order valence-electron chi connectivity index (χ1n) is 9.11. The van der Waals surface area contributed by atoms with E-state index in [-0.39, 0.29) is 11.3 Å². The summed E-state index contributed by atoms with van der Waals surface area (Å²) in [5.74, 6) is 0.980. The smallest absolute Gasteiger partial charge is 0.230 e. The summed E-state index contributed by atoms with van der Waals surface area (Å²) in [5.41, 5.74) is 5.61. The minimum absolute atomic E-state index is 0.271. The molecule has 132 valence electrons. The second kappa shape index (κ2) is 7.92. The van der Waals surface area contributed by atoms with Crippen LogP contribution in [0.1, 0.15) is 25.7 Å². The van der Waals surface area contributed by atoms with Crippen LogP contribution in [0.25, 0.3) is 0 Å². The Balaban J connectivity index is 1.48. The van der Waals surface area contributed by atoms with Gasteiger partial charge in [-0.05, 0) is 31.6 Å². The Morgan fingerprint density at radius 2 is 1.61 bits per heavy atom. The Kier molecular flexibility index (Phi) is 5.91. The summed E-state index contributed by atoms with van der Waals surface area (Å²) < 4.78 is 10.8. The number of hydrogen-bond donors (Lipinski definition) is 1. The molecule has 0 radical (unpaired) electrons. The van der Waals surface area contributed by atoms with Crippen LogP contribution in [-0.2, 0) is 14.3 Å². The highest BCUT2D eigenvalue weighted by molar-refractivity contribution is 5.83. The predicted octanol–water partition coefficient (Wildman–Crippen LogP) is 0.313. The second-order valence-corrected chi connectivity index (χ2v) is 7.25. The molecule has 0 unspecified atom stereocenters. The van der Waals surface area contributed by atoms with Gasteiger partial charge in [-0.25, -0.2) is 0 Å². The lowest BCUT2D eigenvalue weighted by Gasteiger charge is -2.42. The van der Waals surface area contributed by atoms with Gasteiger partial charge in [-0.1, -0.05) is 0 Å². The van der Waals surface area contributed by atoms with Gasteiger partial charge in [-0.15, -0.1) is 0 Å². The number of likely N-dealkylation sites (tertiary alicyclic amines) is 1. The van der Waals surface area contributed by atoms with Crippen LogP contribution in [0.3, 0.4) is 0 Å². The first-order valence-corrected chi connectivity index (χ1v) is 9.11. The zero-order chi connectivity index (χ0) is 16.1. The largest absolute Gasteiger partial charge is 0.381 e. The molecule has 0 aromatic carbocycles. The maximum absolute atomic E-state index is 13.0. The molecule has 0 spiro atoms. The zero-order valence-corrected chi connectivity index (χ0v) is 14.2. The van der Waals surface area contributed by atoms with Gasteiger partial charge in [0.1, 0.15) is 0 Å². The summed E-state index contributed by atoms with van der Waals surface area (Å²) in [4.78, 5) is 17.5. The molecule has 0 aromatic heterocycles. The minimum Gasteiger partial charge on any atom is -0.381 e. The quantitative estimate of drug-likeness (QED) is 0.806. The molecule has 0 atom stereocenters. The van der Waals surface area contributed by atoms with Crippen LogP contribution >= 0.6 is 0 Å². The van der Waals surface area contributed by atoms with Gasteiger partial charge in [-0.3, -0.25) is 9.69 Å². The van der Waals surface area contributed by atoms with Gasteiger partial charge in [0, 0.05) is 52.5 Å². The number of carbonyl (C=O) groups excluding carboxylic acids is 1. The summed E-state index contributed by atoms with van der Waals surface area (Å²) in [6.07, 6.45) is 3.77. The van der Waals surface area contributed by atoms with E-state index in [9.17, 15) is 4.79 Å². The van der Waals surface area contributed by atoms with E-state index < -0.39 is 0 Å². The van der Waals surface area contributed by atoms with Crippen molar-refractivity contribution in [3.05, 3.63) is 0 Å². The Hall–Kier alpha value is -0.690. The average Bonchev–Trinajstić information content (AvgIpc) is 2.63. The molecule has 6 nitrogen and oxygen atoms in total. The summed E-state index contributed by atoms with van der Waals surface area (Å²) in [6.45, 7) is 8.52. The van der Waals surface area contributed by atoms with Crippen molar-refractivity contribution in [3.8, 4) is 0 Å². The maximum atomic E-state index is 13.0. The number of carbonyl (C=O) groups is 1. The fourth-order valence-corrected chi connectivity index (χ4v) is 4.07. The normalized spacial score (nSPS) is 27.1. The highest BCUT2D eigenvalue weighted by Gasteiger charge is 2.42. The third-order valence-electron chi connectivity index (χ3n) is 5.82. The van der Waals surface area contributed by atoms with Crippen LogP contribution in [0.5, 0.6) is 0 Å². The Bertz CT molecular complexity index is 385. The maximum Gasteiger partial charge on any atom is 0.230 e. The molecule has 0 aromatic rings. The molecule has 3 fully saturated rings. The molecule has 6 heteroatoms.